The van der Waals surface area contributed by atoms with Gasteiger partial charge in [-0.3, -0.25) is 4.90 Å². The average Bonchev–Trinajstić information content (AvgIpc) is 2.53. The molecule has 3 rings (SSSR count). The highest BCUT2D eigenvalue weighted by molar-refractivity contribution is 5.51. The highest BCUT2D eigenvalue weighted by atomic mass is 16.5. The van der Waals surface area contributed by atoms with Gasteiger partial charge in [-0.2, -0.15) is 0 Å². The summed E-state index contributed by atoms with van der Waals surface area (Å²) in [7, 11) is 1.73. The first-order chi connectivity index (χ1) is 10.2. The van der Waals surface area contributed by atoms with Gasteiger partial charge in [-0.05, 0) is 49.6 Å². The first-order valence-corrected chi connectivity index (χ1v) is 8.34. The van der Waals surface area contributed by atoms with E-state index in [0.29, 0.717) is 12.0 Å². The molecule has 0 aliphatic carbocycles. The molecule has 2 unspecified atom stereocenters. The van der Waals surface area contributed by atoms with Crippen molar-refractivity contribution < 1.29 is 4.74 Å². The lowest BCUT2D eigenvalue weighted by Crippen LogP contribution is -2.61. The molecule has 3 nitrogen and oxygen atoms in total. The third-order valence-corrected chi connectivity index (χ3v) is 5.15. The van der Waals surface area contributed by atoms with E-state index >= 15 is 0 Å². The predicted octanol–water partition coefficient (Wildman–Crippen LogP) is 3.39. The molecule has 116 valence electrons. The number of piperidine rings is 1. The molecule has 2 aliphatic heterocycles. The molecule has 2 fully saturated rings. The van der Waals surface area contributed by atoms with Gasteiger partial charge in [0.05, 0.1) is 7.11 Å². The molecule has 0 aromatic heterocycles. The molecule has 0 spiro atoms. The van der Waals surface area contributed by atoms with Gasteiger partial charge >= 0.3 is 0 Å². The van der Waals surface area contributed by atoms with Crippen LogP contribution in [-0.2, 0) is 0 Å². The van der Waals surface area contributed by atoms with Crippen LogP contribution in [-0.4, -0.2) is 43.7 Å². The number of rotatable bonds is 3. The Labute approximate surface area is 128 Å². The summed E-state index contributed by atoms with van der Waals surface area (Å²) < 4.78 is 5.29. The van der Waals surface area contributed by atoms with E-state index in [1.54, 1.807) is 7.11 Å². The van der Waals surface area contributed by atoms with E-state index in [-0.39, 0.29) is 0 Å². The van der Waals surface area contributed by atoms with Crippen LogP contribution in [0.5, 0.6) is 5.75 Å². The van der Waals surface area contributed by atoms with E-state index in [1.165, 1.54) is 44.6 Å². The number of hydrogen-bond donors (Lipinski definition) is 0. The smallest absolute Gasteiger partial charge is 0.119 e. The van der Waals surface area contributed by atoms with Gasteiger partial charge in [0.25, 0.3) is 0 Å². The highest BCUT2D eigenvalue weighted by Crippen LogP contribution is 2.31. The third kappa shape index (κ3) is 3.03. The summed E-state index contributed by atoms with van der Waals surface area (Å²) in [6.07, 6.45) is 4.13. The van der Waals surface area contributed by atoms with Crippen LogP contribution in [0.15, 0.2) is 24.3 Å². The van der Waals surface area contributed by atoms with Crippen LogP contribution in [0.4, 0.5) is 5.69 Å². The van der Waals surface area contributed by atoms with E-state index < -0.39 is 0 Å². The quantitative estimate of drug-likeness (QED) is 0.848. The summed E-state index contributed by atoms with van der Waals surface area (Å²) in [5.74, 6) is 1.62. The summed E-state index contributed by atoms with van der Waals surface area (Å²) in [6, 6.07) is 9.96. The highest BCUT2D eigenvalue weighted by Gasteiger charge is 2.36. The minimum Gasteiger partial charge on any atom is -0.497 e. The number of methoxy groups -OCH3 is 1. The van der Waals surface area contributed by atoms with Crippen LogP contribution in [0.25, 0.3) is 0 Å². The molecule has 0 amide bonds. The monoisotopic (exact) mass is 288 g/mol. The molecule has 2 heterocycles. The number of benzene rings is 1. The van der Waals surface area contributed by atoms with Crippen LogP contribution in [0.1, 0.15) is 33.1 Å². The van der Waals surface area contributed by atoms with Crippen molar-refractivity contribution >= 4 is 5.69 Å². The van der Waals surface area contributed by atoms with Crippen molar-refractivity contribution in [1.82, 2.24) is 4.90 Å². The Morgan fingerprint density at radius 3 is 2.52 bits per heavy atom. The molecule has 21 heavy (non-hydrogen) atoms. The van der Waals surface area contributed by atoms with Crippen LogP contribution >= 0.6 is 0 Å². The zero-order chi connectivity index (χ0) is 14.8. The number of hydrogen-bond acceptors (Lipinski definition) is 3. The van der Waals surface area contributed by atoms with Gasteiger partial charge in [0.2, 0.25) is 0 Å². The zero-order valence-corrected chi connectivity index (χ0v) is 13.6. The van der Waals surface area contributed by atoms with Crippen molar-refractivity contribution in [1.29, 1.82) is 0 Å². The zero-order valence-electron chi connectivity index (χ0n) is 13.6. The largest absolute Gasteiger partial charge is 0.497 e. The van der Waals surface area contributed by atoms with E-state index in [1.807, 2.05) is 0 Å². The van der Waals surface area contributed by atoms with Gasteiger partial charge in [0.1, 0.15) is 5.75 Å². The van der Waals surface area contributed by atoms with Crippen LogP contribution < -0.4 is 9.64 Å². The van der Waals surface area contributed by atoms with Gasteiger partial charge in [-0.25, -0.2) is 0 Å². The van der Waals surface area contributed by atoms with Crippen molar-refractivity contribution in [3.8, 4) is 5.75 Å². The van der Waals surface area contributed by atoms with Gasteiger partial charge < -0.3 is 9.64 Å². The molecule has 2 aliphatic rings. The lowest BCUT2D eigenvalue weighted by molar-refractivity contribution is 0.100. The lowest BCUT2D eigenvalue weighted by Gasteiger charge is -2.50. The average molecular weight is 288 g/mol. The standard InChI is InChI=1S/C18H28N2O/c1-14(2)18-13-19-11-5-4-6-16(19)12-20(18)15-7-9-17(21-3)10-8-15/h7-10,14,16,18H,4-6,11-13H2,1-3H3. The SMILES string of the molecule is COc1ccc(N2CC3CCCCN3CC2C(C)C)cc1. The Hall–Kier alpha value is -1.22. The molecule has 0 saturated carbocycles. The van der Waals surface area contributed by atoms with Crippen LogP contribution in [0.2, 0.25) is 0 Å². The topological polar surface area (TPSA) is 15.7 Å². The summed E-state index contributed by atoms with van der Waals surface area (Å²) in [6.45, 7) is 8.39. The number of anilines is 1. The molecule has 0 radical (unpaired) electrons. The number of piperazine rings is 1. The molecular formula is C18H28N2O. The van der Waals surface area contributed by atoms with E-state index in [0.717, 1.165) is 11.8 Å². The molecule has 1 aromatic rings. The van der Waals surface area contributed by atoms with E-state index in [9.17, 15) is 0 Å². The molecule has 0 bridgehead atoms. The third-order valence-electron chi connectivity index (χ3n) is 5.15. The van der Waals surface area contributed by atoms with Crippen molar-refractivity contribution in [2.75, 3.05) is 31.6 Å². The van der Waals surface area contributed by atoms with Crippen molar-refractivity contribution in [3.05, 3.63) is 24.3 Å². The first-order valence-electron chi connectivity index (χ1n) is 8.34. The summed E-state index contributed by atoms with van der Waals surface area (Å²) in [5.41, 5.74) is 1.35. The van der Waals surface area contributed by atoms with Crippen molar-refractivity contribution in [3.63, 3.8) is 0 Å². The maximum atomic E-state index is 5.29. The number of ether oxygens (including phenoxy) is 1. The van der Waals surface area contributed by atoms with Crippen LogP contribution in [0.3, 0.4) is 0 Å². The van der Waals surface area contributed by atoms with E-state index in [2.05, 4.69) is 47.9 Å². The van der Waals surface area contributed by atoms with Gasteiger partial charge in [-0.1, -0.05) is 20.3 Å². The maximum absolute atomic E-state index is 5.29. The Bertz CT molecular complexity index is 457. The van der Waals surface area contributed by atoms with Crippen molar-refractivity contribution in [2.45, 2.75) is 45.2 Å². The Balaban J connectivity index is 1.82. The maximum Gasteiger partial charge on any atom is 0.119 e. The van der Waals surface area contributed by atoms with Gasteiger partial charge in [0.15, 0.2) is 0 Å². The first kappa shape index (κ1) is 14.7. The second-order valence-electron chi connectivity index (χ2n) is 6.81. The Morgan fingerprint density at radius 1 is 1.10 bits per heavy atom. The Morgan fingerprint density at radius 2 is 1.86 bits per heavy atom. The fourth-order valence-electron chi connectivity index (χ4n) is 3.85. The van der Waals surface area contributed by atoms with Crippen molar-refractivity contribution in [2.24, 2.45) is 5.92 Å². The second-order valence-corrected chi connectivity index (χ2v) is 6.81. The normalized spacial score (nSPS) is 26.8. The number of fused-ring (bicyclic) bond motifs is 1. The van der Waals surface area contributed by atoms with Crippen LogP contribution in [0, 0.1) is 5.92 Å². The summed E-state index contributed by atoms with van der Waals surface area (Å²) in [4.78, 5) is 5.37. The fraction of sp³-hybridized carbons (Fsp3) is 0.667. The molecule has 3 heteroatoms. The number of nitrogens with zero attached hydrogens (tertiary/aromatic N) is 2. The Kier molecular flexibility index (Phi) is 4.39. The summed E-state index contributed by atoms with van der Waals surface area (Å²) >= 11 is 0. The lowest BCUT2D eigenvalue weighted by atomic mass is 9.91. The van der Waals surface area contributed by atoms with E-state index in [4.69, 9.17) is 4.74 Å². The molecule has 2 atom stereocenters. The predicted molar refractivity (Wildman–Crippen MR) is 88.2 cm³/mol. The second kappa shape index (κ2) is 6.27. The molecule has 0 N–H and O–H groups in total. The minimum absolute atomic E-state index is 0.618. The molecular weight excluding hydrogens is 260 g/mol. The molecule has 1 aromatic carbocycles. The fourth-order valence-corrected chi connectivity index (χ4v) is 3.85. The summed E-state index contributed by atoms with van der Waals surface area (Å²) in [5, 5.41) is 0. The van der Waals surface area contributed by atoms with Gasteiger partial charge in [-0.15, -0.1) is 0 Å². The minimum atomic E-state index is 0.618. The molecule has 2 saturated heterocycles. The van der Waals surface area contributed by atoms with Gasteiger partial charge in [0, 0.05) is 30.9 Å².